The van der Waals surface area contributed by atoms with Crippen LogP contribution in [0.4, 0.5) is 5.69 Å². The first-order valence-corrected chi connectivity index (χ1v) is 10.8. The maximum atomic E-state index is 12.5. The van der Waals surface area contributed by atoms with Gasteiger partial charge in [-0.05, 0) is 43.5 Å². The first-order valence-electron chi connectivity index (χ1n) is 10.8. The highest BCUT2D eigenvalue weighted by Gasteiger charge is 2.30. The molecule has 6 heteroatoms. The van der Waals surface area contributed by atoms with E-state index in [0.29, 0.717) is 18.0 Å². The number of fused-ring (bicyclic) bond motifs is 1. The average Bonchev–Trinajstić information content (AvgIpc) is 3.22. The molecule has 2 atom stereocenters. The Kier molecular flexibility index (Phi) is 5.88. The predicted octanol–water partition coefficient (Wildman–Crippen LogP) is 3.44. The van der Waals surface area contributed by atoms with Gasteiger partial charge in [0.25, 0.3) is 5.91 Å². The number of carbonyl (C=O) groups is 2. The van der Waals surface area contributed by atoms with Crippen LogP contribution < -0.4 is 10.6 Å². The summed E-state index contributed by atoms with van der Waals surface area (Å²) in [5.74, 6) is -0.0817. The Morgan fingerprint density at radius 2 is 2.07 bits per heavy atom. The van der Waals surface area contributed by atoms with Crippen LogP contribution in [0.25, 0.3) is 11.6 Å². The van der Waals surface area contributed by atoms with Gasteiger partial charge in [-0.3, -0.25) is 9.69 Å². The third-order valence-corrected chi connectivity index (χ3v) is 6.41. The van der Waals surface area contributed by atoms with Crippen LogP contribution in [0.1, 0.15) is 53.9 Å². The van der Waals surface area contributed by atoms with Crippen molar-refractivity contribution in [3.8, 4) is 0 Å². The van der Waals surface area contributed by atoms with E-state index in [1.165, 1.54) is 5.56 Å². The summed E-state index contributed by atoms with van der Waals surface area (Å²) in [5, 5.41) is 6.48. The Morgan fingerprint density at radius 3 is 2.83 bits per heavy atom. The number of aromatic amines is 1. The number of carbonyl (C=O) groups excluding carboxylic acids is 2. The lowest BCUT2D eigenvalue weighted by molar-refractivity contribution is -0.111. The van der Waals surface area contributed by atoms with Gasteiger partial charge in [0.15, 0.2) is 0 Å². The van der Waals surface area contributed by atoms with Crippen molar-refractivity contribution in [2.75, 3.05) is 25.0 Å². The predicted molar refractivity (Wildman–Crippen MR) is 120 cm³/mol. The van der Waals surface area contributed by atoms with Gasteiger partial charge in [-0.25, -0.2) is 0 Å². The van der Waals surface area contributed by atoms with Crippen molar-refractivity contribution >= 4 is 29.5 Å². The molecule has 1 amide bonds. The molecule has 3 N–H and O–H groups in total. The minimum Gasteiger partial charge on any atom is -0.359 e. The normalized spacial score (nSPS) is 21.5. The highest BCUT2D eigenvalue weighted by atomic mass is 16.2. The van der Waals surface area contributed by atoms with Crippen molar-refractivity contribution in [3.63, 3.8) is 0 Å². The molecular weight excluding hydrogens is 376 g/mol. The van der Waals surface area contributed by atoms with E-state index in [9.17, 15) is 9.59 Å². The van der Waals surface area contributed by atoms with Crippen LogP contribution >= 0.6 is 0 Å². The number of rotatable bonds is 6. The molecule has 1 saturated heterocycles. The number of nitrogens with one attached hydrogen (secondary N) is 3. The molecule has 3 heterocycles. The molecule has 1 aromatic carbocycles. The molecule has 2 unspecified atom stereocenters. The van der Waals surface area contributed by atoms with Crippen molar-refractivity contribution < 1.29 is 9.59 Å². The number of H-pyrrole nitrogens is 1. The van der Waals surface area contributed by atoms with E-state index >= 15 is 0 Å². The van der Waals surface area contributed by atoms with Crippen molar-refractivity contribution in [1.82, 2.24) is 15.2 Å². The van der Waals surface area contributed by atoms with Crippen LogP contribution in [0.3, 0.4) is 0 Å². The molecule has 0 bridgehead atoms. The fourth-order valence-electron chi connectivity index (χ4n) is 4.81. The summed E-state index contributed by atoms with van der Waals surface area (Å²) < 4.78 is 0. The average molecular weight is 407 g/mol. The molecule has 2 aliphatic heterocycles. The number of piperazine rings is 1. The van der Waals surface area contributed by atoms with Gasteiger partial charge in [-0.15, -0.1) is 0 Å². The number of aryl methyl sites for hydroxylation is 1. The minimum atomic E-state index is -0.0817. The first kappa shape index (κ1) is 20.6. The molecule has 4 rings (SSSR count). The lowest BCUT2D eigenvalue weighted by Crippen LogP contribution is -2.51. The summed E-state index contributed by atoms with van der Waals surface area (Å²) in [6.45, 7) is 9.13. The molecule has 2 aromatic rings. The molecule has 0 spiro atoms. The van der Waals surface area contributed by atoms with Gasteiger partial charge in [0, 0.05) is 60.8 Å². The summed E-state index contributed by atoms with van der Waals surface area (Å²) in [7, 11) is 0. The van der Waals surface area contributed by atoms with E-state index in [-0.39, 0.29) is 11.9 Å². The standard InChI is InChI=1S/C24H30N4O2/c1-4-17-14-28(11-10-25-17)22(9-12-29)23-15(2)21(26-16(23)3)13-19-18-7-5-6-8-20(18)27-24(19)30/h5-8,12-13,17,22,25-26H,4,9-11,14H2,1-3H3,(H,27,30)/b19-13-. The monoisotopic (exact) mass is 406 g/mol. The number of aldehydes is 1. The number of hydrogen-bond donors (Lipinski definition) is 3. The second-order valence-electron chi connectivity index (χ2n) is 8.23. The molecule has 2 aliphatic rings. The highest BCUT2D eigenvalue weighted by Crippen LogP contribution is 2.36. The van der Waals surface area contributed by atoms with Gasteiger partial charge in [0.1, 0.15) is 6.29 Å². The Balaban J connectivity index is 1.71. The summed E-state index contributed by atoms with van der Waals surface area (Å²) in [6, 6.07) is 8.25. The molecule has 0 aliphatic carbocycles. The molecule has 158 valence electrons. The minimum absolute atomic E-state index is 0.0479. The van der Waals surface area contributed by atoms with Crippen LogP contribution in [0.15, 0.2) is 24.3 Å². The fourth-order valence-corrected chi connectivity index (χ4v) is 4.81. The van der Waals surface area contributed by atoms with E-state index in [2.05, 4.69) is 41.3 Å². The maximum absolute atomic E-state index is 12.5. The quantitative estimate of drug-likeness (QED) is 0.507. The van der Waals surface area contributed by atoms with E-state index < -0.39 is 0 Å². The summed E-state index contributed by atoms with van der Waals surface area (Å²) in [5.41, 5.74) is 6.72. The highest BCUT2D eigenvalue weighted by molar-refractivity contribution is 6.34. The van der Waals surface area contributed by atoms with Crippen molar-refractivity contribution in [3.05, 3.63) is 52.3 Å². The first-order chi connectivity index (χ1) is 14.5. The van der Waals surface area contributed by atoms with Crippen molar-refractivity contribution in [1.29, 1.82) is 0 Å². The van der Waals surface area contributed by atoms with Crippen LogP contribution in [-0.2, 0) is 9.59 Å². The number of nitrogens with zero attached hydrogens (tertiary/aromatic N) is 1. The van der Waals surface area contributed by atoms with Gasteiger partial charge in [-0.2, -0.15) is 0 Å². The second-order valence-corrected chi connectivity index (χ2v) is 8.23. The van der Waals surface area contributed by atoms with Crippen molar-refractivity contribution in [2.24, 2.45) is 0 Å². The van der Waals surface area contributed by atoms with Gasteiger partial charge in [-0.1, -0.05) is 25.1 Å². The third-order valence-electron chi connectivity index (χ3n) is 6.41. The second kappa shape index (κ2) is 8.58. The zero-order valence-electron chi connectivity index (χ0n) is 17.9. The topological polar surface area (TPSA) is 77.2 Å². The van der Waals surface area contributed by atoms with Crippen LogP contribution in [-0.4, -0.2) is 47.8 Å². The molecule has 6 nitrogen and oxygen atoms in total. The largest absolute Gasteiger partial charge is 0.359 e. The maximum Gasteiger partial charge on any atom is 0.256 e. The zero-order valence-corrected chi connectivity index (χ0v) is 17.9. The number of para-hydroxylation sites is 1. The lowest BCUT2D eigenvalue weighted by atomic mass is 9.96. The molecule has 0 radical (unpaired) electrons. The third kappa shape index (κ3) is 3.73. The Labute approximate surface area is 177 Å². The summed E-state index contributed by atoms with van der Waals surface area (Å²) >= 11 is 0. The van der Waals surface area contributed by atoms with E-state index in [0.717, 1.165) is 60.5 Å². The number of hydrogen-bond acceptors (Lipinski definition) is 4. The Hall–Kier alpha value is -2.70. The van der Waals surface area contributed by atoms with Gasteiger partial charge in [0.2, 0.25) is 0 Å². The fraction of sp³-hybridized carbons (Fsp3) is 0.417. The van der Waals surface area contributed by atoms with Gasteiger partial charge in [0.05, 0.1) is 5.57 Å². The SMILES string of the molecule is CCC1CN(C(CC=O)c2c(C)[nH]c(/C=C3\C(=O)Nc4ccccc43)c2C)CCN1. The summed E-state index contributed by atoms with van der Waals surface area (Å²) in [4.78, 5) is 30.0. The van der Waals surface area contributed by atoms with Gasteiger partial charge >= 0.3 is 0 Å². The van der Waals surface area contributed by atoms with Crippen LogP contribution in [0, 0.1) is 13.8 Å². The molecule has 1 aromatic heterocycles. The number of benzene rings is 1. The number of aromatic nitrogens is 1. The Morgan fingerprint density at radius 1 is 1.27 bits per heavy atom. The molecule has 30 heavy (non-hydrogen) atoms. The molecule has 0 saturated carbocycles. The van der Waals surface area contributed by atoms with E-state index in [1.807, 2.05) is 30.3 Å². The van der Waals surface area contributed by atoms with Gasteiger partial charge < -0.3 is 20.4 Å². The lowest BCUT2D eigenvalue weighted by Gasteiger charge is -2.38. The summed E-state index contributed by atoms with van der Waals surface area (Å²) in [6.07, 6.45) is 4.51. The molecule has 1 fully saturated rings. The zero-order chi connectivity index (χ0) is 21.3. The molecular formula is C24H30N4O2. The van der Waals surface area contributed by atoms with Crippen molar-refractivity contribution in [2.45, 2.75) is 45.7 Å². The smallest absolute Gasteiger partial charge is 0.256 e. The van der Waals surface area contributed by atoms with Crippen LogP contribution in [0.2, 0.25) is 0 Å². The van der Waals surface area contributed by atoms with E-state index in [4.69, 9.17) is 0 Å². The van der Waals surface area contributed by atoms with Crippen LogP contribution in [0.5, 0.6) is 0 Å². The number of anilines is 1. The number of amides is 1. The van der Waals surface area contributed by atoms with E-state index in [1.54, 1.807) is 0 Å². The Bertz CT molecular complexity index is 991.